The average molecular weight is 259 g/mol. The van der Waals surface area contributed by atoms with Crippen LogP contribution >= 0.6 is 0 Å². The number of anilines is 2. The van der Waals surface area contributed by atoms with E-state index in [1.165, 1.54) is 6.33 Å². The maximum atomic E-state index is 5.43. The number of rotatable bonds is 5. The molecule has 0 saturated heterocycles. The lowest BCUT2D eigenvalue weighted by atomic mass is 10.2. The fourth-order valence-corrected chi connectivity index (χ4v) is 1.80. The molecule has 0 atom stereocenters. The summed E-state index contributed by atoms with van der Waals surface area (Å²) in [5.41, 5.74) is 4.44. The van der Waals surface area contributed by atoms with E-state index in [1.807, 2.05) is 19.9 Å². The molecule has 0 saturated carbocycles. The summed E-state index contributed by atoms with van der Waals surface area (Å²) >= 11 is 0. The molecule has 2 rings (SSSR count). The predicted molar refractivity (Wildman–Crippen MR) is 73.3 cm³/mol. The highest BCUT2D eigenvalue weighted by Crippen LogP contribution is 2.19. The zero-order valence-electron chi connectivity index (χ0n) is 11.0. The number of hydrogen-bond acceptors (Lipinski definition) is 7. The number of hydrazine groups is 1. The maximum absolute atomic E-state index is 5.43. The zero-order valence-corrected chi connectivity index (χ0v) is 11.0. The number of nitrogens with one attached hydrogen (secondary N) is 2. The summed E-state index contributed by atoms with van der Waals surface area (Å²) in [5, 5.41) is 3.25. The average Bonchev–Trinajstić information content (AvgIpc) is 2.44. The van der Waals surface area contributed by atoms with Crippen molar-refractivity contribution >= 4 is 11.6 Å². The molecule has 4 N–H and O–H groups in total. The number of hydrogen-bond donors (Lipinski definition) is 3. The summed E-state index contributed by atoms with van der Waals surface area (Å²) in [7, 11) is 0. The first-order valence-corrected chi connectivity index (χ1v) is 6.07. The van der Waals surface area contributed by atoms with Crippen LogP contribution in [0.1, 0.15) is 24.0 Å². The molecule has 7 nitrogen and oxygen atoms in total. The second kappa shape index (κ2) is 6.05. The lowest BCUT2D eigenvalue weighted by Crippen LogP contribution is -2.14. The first-order valence-electron chi connectivity index (χ1n) is 6.07. The second-order valence-corrected chi connectivity index (χ2v) is 4.00. The number of aromatic nitrogens is 4. The van der Waals surface area contributed by atoms with Crippen LogP contribution in [0.15, 0.2) is 18.6 Å². The van der Waals surface area contributed by atoms with Crippen molar-refractivity contribution in [1.29, 1.82) is 0 Å². The van der Waals surface area contributed by atoms with Crippen molar-refractivity contribution in [3.05, 3.63) is 35.7 Å². The molecule has 0 unspecified atom stereocenters. The van der Waals surface area contributed by atoms with Crippen molar-refractivity contribution < 1.29 is 0 Å². The van der Waals surface area contributed by atoms with Gasteiger partial charge in [0.2, 0.25) is 0 Å². The van der Waals surface area contributed by atoms with Crippen LogP contribution in [-0.4, -0.2) is 19.9 Å². The van der Waals surface area contributed by atoms with Gasteiger partial charge in [-0.2, -0.15) is 0 Å². The van der Waals surface area contributed by atoms with E-state index in [0.29, 0.717) is 12.4 Å². The van der Waals surface area contributed by atoms with Gasteiger partial charge < -0.3 is 10.7 Å². The van der Waals surface area contributed by atoms with E-state index in [4.69, 9.17) is 5.84 Å². The normalized spacial score (nSPS) is 10.3. The first kappa shape index (κ1) is 13.2. The summed E-state index contributed by atoms with van der Waals surface area (Å²) in [6.07, 6.45) is 4.00. The van der Waals surface area contributed by atoms with Crippen LogP contribution in [0.3, 0.4) is 0 Å². The molecule has 7 heteroatoms. The molecule has 0 spiro atoms. The Balaban J connectivity index is 2.15. The Kier molecular flexibility index (Phi) is 4.19. The Morgan fingerprint density at radius 1 is 1.21 bits per heavy atom. The fraction of sp³-hybridized carbons (Fsp3) is 0.333. The topological polar surface area (TPSA) is 102 Å². The van der Waals surface area contributed by atoms with E-state index in [2.05, 4.69) is 30.7 Å². The van der Waals surface area contributed by atoms with Crippen LogP contribution in [0.5, 0.6) is 0 Å². The van der Waals surface area contributed by atoms with Gasteiger partial charge in [0.25, 0.3) is 0 Å². The minimum Gasteiger partial charge on any atom is -0.364 e. The lowest BCUT2D eigenvalue weighted by Gasteiger charge is -2.12. The second-order valence-electron chi connectivity index (χ2n) is 4.00. The Bertz CT molecular complexity index is 556. The molecular formula is C12H17N7. The van der Waals surface area contributed by atoms with E-state index >= 15 is 0 Å². The minimum atomic E-state index is 0.581. The summed E-state index contributed by atoms with van der Waals surface area (Å²) in [5.74, 6) is 7.59. The largest absolute Gasteiger partial charge is 0.364 e. The van der Waals surface area contributed by atoms with Crippen LogP contribution in [0, 0.1) is 6.92 Å². The number of nitrogen functional groups attached to an aromatic ring is 1. The van der Waals surface area contributed by atoms with E-state index in [9.17, 15) is 0 Å². The molecular weight excluding hydrogens is 242 g/mol. The third-order valence-electron chi connectivity index (χ3n) is 2.71. The highest BCUT2D eigenvalue weighted by atomic mass is 15.3. The number of nitrogens with zero attached hydrogens (tertiary/aromatic N) is 4. The fourth-order valence-electron chi connectivity index (χ4n) is 1.80. The summed E-state index contributed by atoms with van der Waals surface area (Å²) in [4.78, 5) is 16.7. The van der Waals surface area contributed by atoms with Gasteiger partial charge in [0, 0.05) is 11.8 Å². The lowest BCUT2D eigenvalue weighted by molar-refractivity contribution is 0.938. The van der Waals surface area contributed by atoms with Crippen LogP contribution in [0.4, 0.5) is 11.6 Å². The molecule has 0 bridgehead atoms. The monoisotopic (exact) mass is 259 g/mol. The van der Waals surface area contributed by atoms with E-state index in [-0.39, 0.29) is 0 Å². The van der Waals surface area contributed by atoms with Crippen LogP contribution < -0.4 is 16.6 Å². The Hall–Kier alpha value is -2.28. The van der Waals surface area contributed by atoms with Crippen molar-refractivity contribution in [3.63, 3.8) is 0 Å². The molecule has 2 heterocycles. The molecule has 0 aliphatic carbocycles. The third-order valence-corrected chi connectivity index (χ3v) is 2.71. The predicted octanol–water partition coefficient (Wildman–Crippen LogP) is 1.04. The van der Waals surface area contributed by atoms with Crippen LogP contribution in [0.25, 0.3) is 0 Å². The SMILES string of the molecule is CCc1c(NN)ncnc1NCc1ccnc(C)n1. The molecule has 100 valence electrons. The van der Waals surface area contributed by atoms with Gasteiger partial charge in [-0.15, -0.1) is 0 Å². The molecule has 19 heavy (non-hydrogen) atoms. The van der Waals surface area contributed by atoms with Gasteiger partial charge in [0.1, 0.15) is 23.8 Å². The Morgan fingerprint density at radius 3 is 2.68 bits per heavy atom. The zero-order chi connectivity index (χ0) is 13.7. The highest BCUT2D eigenvalue weighted by molar-refractivity contribution is 5.56. The van der Waals surface area contributed by atoms with Gasteiger partial charge in [-0.1, -0.05) is 6.92 Å². The van der Waals surface area contributed by atoms with Gasteiger partial charge in [-0.05, 0) is 19.4 Å². The van der Waals surface area contributed by atoms with Gasteiger partial charge in [0.15, 0.2) is 0 Å². The highest BCUT2D eigenvalue weighted by Gasteiger charge is 2.08. The van der Waals surface area contributed by atoms with E-state index in [1.54, 1.807) is 6.20 Å². The van der Waals surface area contributed by atoms with Crippen molar-refractivity contribution in [3.8, 4) is 0 Å². The molecule has 0 radical (unpaired) electrons. The third kappa shape index (κ3) is 3.14. The standard InChI is InChI=1S/C12H17N7/c1-3-10-11(16-7-17-12(10)19-13)15-6-9-4-5-14-8(2)18-9/h4-5,7H,3,6,13H2,1-2H3,(H2,15,16,17,19). The van der Waals surface area contributed by atoms with Gasteiger partial charge in [0.05, 0.1) is 12.2 Å². The van der Waals surface area contributed by atoms with Gasteiger partial charge in [-0.25, -0.2) is 25.8 Å². The number of aryl methyl sites for hydroxylation is 1. The molecule has 0 aliphatic rings. The summed E-state index contributed by atoms with van der Waals surface area (Å²) in [6, 6.07) is 1.87. The molecule has 0 aliphatic heterocycles. The molecule has 2 aromatic heterocycles. The minimum absolute atomic E-state index is 0.581. The van der Waals surface area contributed by atoms with Crippen molar-refractivity contribution in [2.24, 2.45) is 5.84 Å². The molecule has 0 amide bonds. The Morgan fingerprint density at radius 2 is 2.00 bits per heavy atom. The van der Waals surface area contributed by atoms with Crippen LogP contribution in [0.2, 0.25) is 0 Å². The van der Waals surface area contributed by atoms with E-state index in [0.717, 1.165) is 29.3 Å². The van der Waals surface area contributed by atoms with Crippen LogP contribution in [-0.2, 0) is 13.0 Å². The quantitative estimate of drug-likeness (QED) is 0.544. The van der Waals surface area contributed by atoms with Crippen molar-refractivity contribution in [1.82, 2.24) is 19.9 Å². The maximum Gasteiger partial charge on any atom is 0.148 e. The molecule has 0 fully saturated rings. The molecule has 2 aromatic rings. The van der Waals surface area contributed by atoms with E-state index < -0.39 is 0 Å². The number of nitrogens with two attached hydrogens (primary N) is 1. The first-order chi connectivity index (χ1) is 9.24. The molecule has 0 aromatic carbocycles. The smallest absolute Gasteiger partial charge is 0.148 e. The summed E-state index contributed by atoms with van der Waals surface area (Å²) in [6.45, 7) is 4.47. The van der Waals surface area contributed by atoms with Gasteiger partial charge in [-0.3, -0.25) is 0 Å². The van der Waals surface area contributed by atoms with Crippen molar-refractivity contribution in [2.45, 2.75) is 26.8 Å². The van der Waals surface area contributed by atoms with Gasteiger partial charge >= 0.3 is 0 Å². The summed E-state index contributed by atoms with van der Waals surface area (Å²) < 4.78 is 0. The Labute approximate surface area is 111 Å². The van der Waals surface area contributed by atoms with Crippen molar-refractivity contribution in [2.75, 3.05) is 10.7 Å².